The molecular weight excluding hydrogens is 250 g/mol. The zero-order valence-electron chi connectivity index (χ0n) is 10.9. The third-order valence-electron chi connectivity index (χ3n) is 2.50. The topological polar surface area (TPSA) is 84.9 Å². The van der Waals surface area contributed by atoms with E-state index in [4.69, 9.17) is 14.6 Å². The molecule has 0 aliphatic carbocycles. The molecule has 2 N–H and O–H groups in total. The summed E-state index contributed by atoms with van der Waals surface area (Å²) in [5.41, 5.74) is 0.358. The molecule has 0 unspecified atom stereocenters. The van der Waals surface area contributed by atoms with Crippen LogP contribution in [0.4, 0.5) is 0 Å². The van der Waals surface area contributed by atoms with E-state index in [9.17, 15) is 9.59 Å². The number of ether oxygens (including phenoxy) is 2. The van der Waals surface area contributed by atoms with Gasteiger partial charge in [0.2, 0.25) is 0 Å². The standard InChI is InChI=1S/C13H17NO5/c1-18-9-5-6-11(19-2)10(8-9)13(17)14-7-3-4-12(15)16/h5-6,8H,3-4,7H2,1-2H3,(H,14,17)(H,15,16). The first-order valence-electron chi connectivity index (χ1n) is 5.80. The number of nitrogens with one attached hydrogen (secondary N) is 1. The maximum Gasteiger partial charge on any atom is 0.303 e. The van der Waals surface area contributed by atoms with Gasteiger partial charge in [-0.05, 0) is 24.6 Å². The first-order valence-corrected chi connectivity index (χ1v) is 5.80. The normalized spacial score (nSPS) is 9.79. The average molecular weight is 267 g/mol. The van der Waals surface area contributed by atoms with E-state index in [2.05, 4.69) is 5.32 Å². The summed E-state index contributed by atoms with van der Waals surface area (Å²) in [5, 5.41) is 11.1. The molecule has 0 heterocycles. The molecule has 0 saturated heterocycles. The number of amides is 1. The van der Waals surface area contributed by atoms with Crippen molar-refractivity contribution in [3.05, 3.63) is 23.8 Å². The highest BCUT2D eigenvalue weighted by Gasteiger charge is 2.13. The van der Waals surface area contributed by atoms with E-state index < -0.39 is 5.97 Å². The van der Waals surface area contributed by atoms with Gasteiger partial charge in [0, 0.05) is 13.0 Å². The number of carboxylic acids is 1. The number of hydrogen-bond acceptors (Lipinski definition) is 4. The van der Waals surface area contributed by atoms with E-state index in [0.29, 0.717) is 30.0 Å². The monoisotopic (exact) mass is 267 g/mol. The fourth-order valence-corrected chi connectivity index (χ4v) is 1.53. The van der Waals surface area contributed by atoms with Crippen LogP contribution in [0.2, 0.25) is 0 Å². The van der Waals surface area contributed by atoms with Crippen LogP contribution in [0.1, 0.15) is 23.2 Å². The highest BCUT2D eigenvalue weighted by Crippen LogP contribution is 2.23. The summed E-state index contributed by atoms with van der Waals surface area (Å²) in [5.74, 6) is -0.206. The highest BCUT2D eigenvalue weighted by molar-refractivity contribution is 5.97. The molecule has 0 saturated carbocycles. The summed E-state index contributed by atoms with van der Waals surface area (Å²) < 4.78 is 10.1. The second-order valence-corrected chi connectivity index (χ2v) is 3.82. The first-order chi connectivity index (χ1) is 9.08. The number of carboxylic acid groups (broad SMARTS) is 1. The van der Waals surface area contributed by atoms with Crippen molar-refractivity contribution >= 4 is 11.9 Å². The number of aliphatic carboxylic acids is 1. The second kappa shape index (κ2) is 7.25. The number of hydrogen-bond donors (Lipinski definition) is 2. The number of methoxy groups -OCH3 is 2. The van der Waals surface area contributed by atoms with Crippen LogP contribution in [-0.4, -0.2) is 37.7 Å². The van der Waals surface area contributed by atoms with Gasteiger partial charge in [-0.25, -0.2) is 0 Å². The number of carbonyl (C=O) groups is 2. The average Bonchev–Trinajstić information content (AvgIpc) is 2.42. The van der Waals surface area contributed by atoms with Gasteiger partial charge in [-0.2, -0.15) is 0 Å². The Morgan fingerprint density at radius 3 is 2.58 bits per heavy atom. The predicted octanol–water partition coefficient (Wildman–Crippen LogP) is 1.30. The highest BCUT2D eigenvalue weighted by atomic mass is 16.5. The third-order valence-corrected chi connectivity index (χ3v) is 2.50. The maximum absolute atomic E-state index is 11.9. The van der Waals surface area contributed by atoms with Crippen molar-refractivity contribution in [3.8, 4) is 11.5 Å². The number of carbonyl (C=O) groups excluding carboxylic acids is 1. The third kappa shape index (κ3) is 4.50. The van der Waals surface area contributed by atoms with E-state index in [1.54, 1.807) is 18.2 Å². The molecule has 104 valence electrons. The van der Waals surface area contributed by atoms with Crippen molar-refractivity contribution in [3.63, 3.8) is 0 Å². The fourth-order valence-electron chi connectivity index (χ4n) is 1.53. The van der Waals surface area contributed by atoms with Crippen LogP contribution < -0.4 is 14.8 Å². The van der Waals surface area contributed by atoms with Crippen LogP contribution in [0.3, 0.4) is 0 Å². The number of benzene rings is 1. The fraction of sp³-hybridized carbons (Fsp3) is 0.385. The van der Waals surface area contributed by atoms with Gasteiger partial charge < -0.3 is 19.9 Å². The molecule has 0 aromatic heterocycles. The van der Waals surface area contributed by atoms with E-state index >= 15 is 0 Å². The van der Waals surface area contributed by atoms with E-state index in [0.717, 1.165) is 0 Å². The number of rotatable bonds is 7. The molecule has 0 atom stereocenters. The van der Waals surface area contributed by atoms with Crippen LogP contribution in [0.5, 0.6) is 11.5 Å². The smallest absolute Gasteiger partial charge is 0.303 e. The molecule has 6 nitrogen and oxygen atoms in total. The summed E-state index contributed by atoms with van der Waals surface area (Å²) in [6, 6.07) is 4.91. The second-order valence-electron chi connectivity index (χ2n) is 3.82. The molecule has 0 radical (unpaired) electrons. The Bertz CT molecular complexity index is 458. The Morgan fingerprint density at radius 1 is 1.26 bits per heavy atom. The Hall–Kier alpha value is -2.24. The summed E-state index contributed by atoms with van der Waals surface area (Å²) in [7, 11) is 2.99. The van der Waals surface area contributed by atoms with E-state index in [1.165, 1.54) is 14.2 Å². The lowest BCUT2D eigenvalue weighted by Gasteiger charge is -2.10. The minimum Gasteiger partial charge on any atom is -0.497 e. The Kier molecular flexibility index (Phi) is 5.66. The summed E-state index contributed by atoms with van der Waals surface area (Å²) in [6.07, 6.45) is 0.406. The van der Waals surface area contributed by atoms with Crippen LogP contribution in [0, 0.1) is 0 Å². The van der Waals surface area contributed by atoms with Gasteiger partial charge >= 0.3 is 5.97 Å². The summed E-state index contributed by atoms with van der Waals surface area (Å²) >= 11 is 0. The van der Waals surface area contributed by atoms with Crippen molar-refractivity contribution in [1.29, 1.82) is 0 Å². The lowest BCUT2D eigenvalue weighted by atomic mass is 10.1. The van der Waals surface area contributed by atoms with Crippen molar-refractivity contribution < 1.29 is 24.2 Å². The van der Waals surface area contributed by atoms with E-state index in [1.807, 2.05) is 0 Å². The van der Waals surface area contributed by atoms with Crippen LogP contribution in [0.15, 0.2) is 18.2 Å². The van der Waals surface area contributed by atoms with Gasteiger partial charge in [-0.15, -0.1) is 0 Å². The van der Waals surface area contributed by atoms with Gasteiger partial charge in [0.05, 0.1) is 19.8 Å². The molecule has 0 fully saturated rings. The van der Waals surface area contributed by atoms with Gasteiger partial charge in [-0.3, -0.25) is 9.59 Å². The molecule has 1 aromatic carbocycles. The maximum atomic E-state index is 11.9. The molecule has 0 bridgehead atoms. The van der Waals surface area contributed by atoms with Gasteiger partial charge in [-0.1, -0.05) is 0 Å². The molecule has 1 amide bonds. The zero-order valence-corrected chi connectivity index (χ0v) is 10.9. The van der Waals surface area contributed by atoms with Gasteiger partial charge in [0.15, 0.2) is 0 Å². The molecule has 6 heteroatoms. The van der Waals surface area contributed by atoms with Crippen molar-refractivity contribution in [1.82, 2.24) is 5.32 Å². The molecule has 0 aliphatic rings. The van der Waals surface area contributed by atoms with Crippen molar-refractivity contribution in [2.24, 2.45) is 0 Å². The van der Waals surface area contributed by atoms with Crippen LogP contribution in [-0.2, 0) is 4.79 Å². The molecule has 19 heavy (non-hydrogen) atoms. The molecule has 0 spiro atoms. The molecule has 0 aliphatic heterocycles. The molecule has 1 aromatic rings. The largest absolute Gasteiger partial charge is 0.497 e. The zero-order chi connectivity index (χ0) is 14.3. The minimum atomic E-state index is -0.881. The minimum absolute atomic E-state index is 0.0233. The molecular formula is C13H17NO5. The Morgan fingerprint density at radius 2 is 2.00 bits per heavy atom. The SMILES string of the molecule is COc1ccc(OC)c(C(=O)NCCCC(=O)O)c1. The first kappa shape index (κ1) is 14.8. The molecule has 1 rings (SSSR count). The predicted molar refractivity (Wildman–Crippen MR) is 68.7 cm³/mol. The lowest BCUT2D eigenvalue weighted by Crippen LogP contribution is -2.25. The van der Waals surface area contributed by atoms with Crippen molar-refractivity contribution in [2.45, 2.75) is 12.8 Å². The Balaban J connectivity index is 2.66. The van der Waals surface area contributed by atoms with Crippen molar-refractivity contribution in [2.75, 3.05) is 20.8 Å². The summed E-state index contributed by atoms with van der Waals surface area (Å²) in [4.78, 5) is 22.3. The van der Waals surface area contributed by atoms with Gasteiger partial charge in [0.25, 0.3) is 5.91 Å². The Labute approximate surface area is 111 Å². The lowest BCUT2D eigenvalue weighted by molar-refractivity contribution is -0.137. The summed E-state index contributed by atoms with van der Waals surface area (Å²) in [6.45, 7) is 0.297. The van der Waals surface area contributed by atoms with Crippen LogP contribution in [0.25, 0.3) is 0 Å². The van der Waals surface area contributed by atoms with E-state index in [-0.39, 0.29) is 12.3 Å². The van der Waals surface area contributed by atoms with Crippen LogP contribution >= 0.6 is 0 Å². The quantitative estimate of drug-likeness (QED) is 0.727. The van der Waals surface area contributed by atoms with Gasteiger partial charge in [0.1, 0.15) is 11.5 Å².